The molecular formula is C19H23N3O2. The molecule has 1 amide bonds. The number of aromatic nitrogens is 2. The zero-order valence-corrected chi connectivity index (χ0v) is 14.1. The highest BCUT2D eigenvalue weighted by atomic mass is 16.5. The normalized spacial score (nSPS) is 22.9. The lowest BCUT2D eigenvalue weighted by molar-refractivity contribution is -0.00697. The molecule has 1 saturated carbocycles. The van der Waals surface area contributed by atoms with Crippen LogP contribution in [0.5, 0.6) is 0 Å². The highest BCUT2D eigenvalue weighted by molar-refractivity contribution is 5.94. The van der Waals surface area contributed by atoms with Crippen LogP contribution in [0.2, 0.25) is 0 Å². The number of ether oxygens (including phenoxy) is 1. The van der Waals surface area contributed by atoms with Crippen LogP contribution >= 0.6 is 0 Å². The maximum atomic E-state index is 12.6. The molecule has 0 radical (unpaired) electrons. The second-order valence-electron chi connectivity index (χ2n) is 6.91. The molecule has 5 nitrogen and oxygen atoms in total. The number of nitrogens with zero attached hydrogens (tertiary/aromatic N) is 1. The number of benzene rings is 1. The minimum Gasteiger partial charge on any atom is -0.369 e. The van der Waals surface area contributed by atoms with Crippen molar-refractivity contribution < 1.29 is 9.53 Å². The molecule has 2 N–H and O–H groups in total. The summed E-state index contributed by atoms with van der Waals surface area (Å²) in [6.45, 7) is 4.56. The van der Waals surface area contributed by atoms with E-state index in [9.17, 15) is 4.79 Å². The predicted molar refractivity (Wildman–Crippen MR) is 90.8 cm³/mol. The summed E-state index contributed by atoms with van der Waals surface area (Å²) in [5.41, 5.74) is 5.02. The van der Waals surface area contributed by atoms with E-state index in [4.69, 9.17) is 4.74 Å². The average molecular weight is 325 g/mol. The smallest absolute Gasteiger partial charge is 0.272 e. The summed E-state index contributed by atoms with van der Waals surface area (Å²) in [6.07, 6.45) is 3.29. The molecule has 2 aromatic rings. The summed E-state index contributed by atoms with van der Waals surface area (Å²) in [7, 11) is 0. The molecule has 1 aliphatic carbocycles. The molecule has 0 saturated heterocycles. The Bertz CT molecular complexity index is 764. The van der Waals surface area contributed by atoms with Crippen LogP contribution in [0.1, 0.15) is 71.6 Å². The molecule has 2 heterocycles. The van der Waals surface area contributed by atoms with Gasteiger partial charge in [-0.05, 0) is 43.7 Å². The number of aromatic amines is 1. The third-order valence-corrected chi connectivity index (χ3v) is 4.96. The average Bonchev–Trinajstić information content (AvgIpc) is 3.32. The molecule has 0 unspecified atom stereocenters. The van der Waals surface area contributed by atoms with E-state index in [1.807, 2.05) is 19.9 Å². The molecule has 1 aromatic heterocycles. The second-order valence-corrected chi connectivity index (χ2v) is 6.91. The van der Waals surface area contributed by atoms with Crippen LogP contribution in [-0.2, 0) is 17.7 Å². The monoisotopic (exact) mass is 325 g/mol. The Kier molecular flexibility index (Phi) is 3.88. The van der Waals surface area contributed by atoms with Gasteiger partial charge in [-0.15, -0.1) is 0 Å². The zero-order chi connectivity index (χ0) is 16.7. The SMILES string of the molecule is C[C@@H]1Cc2c(C(=O)NCc3ccccc3C3CC3)n[nH]c2[C@H](C)O1. The highest BCUT2D eigenvalue weighted by Gasteiger charge is 2.30. The van der Waals surface area contributed by atoms with Crippen molar-refractivity contribution in [2.24, 2.45) is 0 Å². The van der Waals surface area contributed by atoms with Crippen LogP contribution < -0.4 is 5.32 Å². The van der Waals surface area contributed by atoms with Gasteiger partial charge in [0.05, 0.1) is 17.9 Å². The Morgan fingerprint density at radius 2 is 2.12 bits per heavy atom. The van der Waals surface area contributed by atoms with E-state index in [-0.39, 0.29) is 18.1 Å². The molecular weight excluding hydrogens is 302 g/mol. The zero-order valence-electron chi connectivity index (χ0n) is 14.1. The topological polar surface area (TPSA) is 67.0 Å². The highest BCUT2D eigenvalue weighted by Crippen LogP contribution is 2.41. The Balaban J connectivity index is 1.50. The van der Waals surface area contributed by atoms with Crippen molar-refractivity contribution in [1.29, 1.82) is 0 Å². The number of carbonyl (C=O) groups excluding carboxylic acids is 1. The van der Waals surface area contributed by atoms with Crippen LogP contribution in [0.25, 0.3) is 0 Å². The van der Waals surface area contributed by atoms with Crippen molar-refractivity contribution in [1.82, 2.24) is 15.5 Å². The number of nitrogens with one attached hydrogen (secondary N) is 2. The van der Waals surface area contributed by atoms with Gasteiger partial charge in [0, 0.05) is 18.5 Å². The molecule has 1 fully saturated rings. The summed E-state index contributed by atoms with van der Waals surface area (Å²) < 4.78 is 5.78. The van der Waals surface area contributed by atoms with Crippen LogP contribution in [0.3, 0.4) is 0 Å². The fourth-order valence-electron chi connectivity index (χ4n) is 3.61. The van der Waals surface area contributed by atoms with Gasteiger partial charge in [0.2, 0.25) is 0 Å². The number of H-pyrrole nitrogens is 1. The van der Waals surface area contributed by atoms with Crippen LogP contribution in [0.4, 0.5) is 0 Å². The maximum absolute atomic E-state index is 12.6. The van der Waals surface area contributed by atoms with Gasteiger partial charge >= 0.3 is 0 Å². The van der Waals surface area contributed by atoms with Crippen LogP contribution in [0, 0.1) is 0 Å². The first kappa shape index (κ1) is 15.4. The van der Waals surface area contributed by atoms with Gasteiger partial charge in [0.25, 0.3) is 5.91 Å². The van der Waals surface area contributed by atoms with Crippen LogP contribution in [0.15, 0.2) is 24.3 Å². The van der Waals surface area contributed by atoms with Crippen molar-refractivity contribution in [3.63, 3.8) is 0 Å². The molecule has 24 heavy (non-hydrogen) atoms. The van der Waals surface area contributed by atoms with Crippen molar-refractivity contribution in [3.05, 3.63) is 52.3 Å². The predicted octanol–water partition coefficient (Wildman–Crippen LogP) is 3.24. The van der Waals surface area contributed by atoms with Gasteiger partial charge in [-0.3, -0.25) is 9.89 Å². The van der Waals surface area contributed by atoms with Crippen molar-refractivity contribution in [2.45, 2.75) is 57.8 Å². The molecule has 2 aliphatic rings. The molecule has 126 valence electrons. The summed E-state index contributed by atoms with van der Waals surface area (Å²) in [4.78, 5) is 12.6. The molecule has 2 atom stereocenters. The Morgan fingerprint density at radius 3 is 2.92 bits per heavy atom. The van der Waals surface area contributed by atoms with Crippen molar-refractivity contribution >= 4 is 5.91 Å². The second kappa shape index (κ2) is 6.06. The fourth-order valence-corrected chi connectivity index (χ4v) is 3.61. The van der Waals surface area contributed by atoms with Crippen LogP contribution in [-0.4, -0.2) is 22.2 Å². The summed E-state index contributed by atoms with van der Waals surface area (Å²) in [5.74, 6) is 0.564. The number of amides is 1. The lowest BCUT2D eigenvalue weighted by Crippen LogP contribution is -2.27. The molecule has 4 rings (SSSR count). The quantitative estimate of drug-likeness (QED) is 0.907. The third-order valence-electron chi connectivity index (χ3n) is 4.96. The number of rotatable bonds is 4. The van der Waals surface area contributed by atoms with E-state index in [0.717, 1.165) is 17.7 Å². The fraction of sp³-hybridized carbons (Fsp3) is 0.474. The van der Waals surface area contributed by atoms with Gasteiger partial charge in [0.15, 0.2) is 5.69 Å². The van der Waals surface area contributed by atoms with Crippen molar-refractivity contribution in [3.8, 4) is 0 Å². The van der Waals surface area contributed by atoms with E-state index in [2.05, 4.69) is 33.7 Å². The largest absolute Gasteiger partial charge is 0.369 e. The molecule has 0 bridgehead atoms. The standard InChI is InChI=1S/C19H23N3O2/c1-11-9-16-17(12(2)24-11)21-22-18(16)19(23)20-10-14-5-3-4-6-15(14)13-7-8-13/h3-6,11-13H,7-10H2,1-2H3,(H,20,23)(H,21,22)/t11-,12+/m1/s1. The Morgan fingerprint density at radius 1 is 1.33 bits per heavy atom. The van der Waals surface area contributed by atoms with Gasteiger partial charge < -0.3 is 10.1 Å². The van der Waals surface area contributed by atoms with E-state index in [0.29, 0.717) is 18.2 Å². The Hall–Kier alpha value is -2.14. The van der Waals surface area contributed by atoms with E-state index in [1.165, 1.54) is 24.0 Å². The first-order chi connectivity index (χ1) is 11.6. The van der Waals surface area contributed by atoms with E-state index in [1.54, 1.807) is 0 Å². The first-order valence-corrected chi connectivity index (χ1v) is 8.72. The lowest BCUT2D eigenvalue weighted by atomic mass is 9.99. The maximum Gasteiger partial charge on any atom is 0.272 e. The van der Waals surface area contributed by atoms with Gasteiger partial charge in [-0.2, -0.15) is 5.10 Å². The molecule has 0 spiro atoms. The first-order valence-electron chi connectivity index (χ1n) is 8.72. The number of fused-ring (bicyclic) bond motifs is 1. The number of carbonyl (C=O) groups is 1. The van der Waals surface area contributed by atoms with Gasteiger partial charge in [-0.1, -0.05) is 24.3 Å². The summed E-state index contributed by atoms with van der Waals surface area (Å²) >= 11 is 0. The van der Waals surface area contributed by atoms with Gasteiger partial charge in [0.1, 0.15) is 0 Å². The number of hydrogen-bond donors (Lipinski definition) is 2. The minimum absolute atomic E-state index is 0.0478. The lowest BCUT2D eigenvalue weighted by Gasteiger charge is -2.25. The van der Waals surface area contributed by atoms with E-state index < -0.39 is 0 Å². The minimum atomic E-state index is -0.112. The van der Waals surface area contributed by atoms with E-state index >= 15 is 0 Å². The molecule has 5 heteroatoms. The molecule has 1 aliphatic heterocycles. The molecule has 1 aromatic carbocycles. The summed E-state index contributed by atoms with van der Waals surface area (Å²) in [5, 5.41) is 10.3. The van der Waals surface area contributed by atoms with Crippen molar-refractivity contribution in [2.75, 3.05) is 0 Å². The Labute approximate surface area is 141 Å². The van der Waals surface area contributed by atoms with Gasteiger partial charge in [-0.25, -0.2) is 0 Å². The summed E-state index contributed by atoms with van der Waals surface area (Å²) in [6, 6.07) is 8.39. The number of hydrogen-bond acceptors (Lipinski definition) is 3. The third kappa shape index (κ3) is 2.84.